The normalized spacial score (nSPS) is 15.0. The van der Waals surface area contributed by atoms with Gasteiger partial charge < -0.3 is 4.84 Å². The van der Waals surface area contributed by atoms with Crippen LogP contribution in [0.5, 0.6) is 0 Å². The lowest BCUT2D eigenvalue weighted by molar-refractivity contribution is -0.277. The molecule has 6 nitrogen and oxygen atoms in total. The van der Waals surface area contributed by atoms with E-state index in [2.05, 4.69) is 17.1 Å². The van der Waals surface area contributed by atoms with Gasteiger partial charge in [-0.1, -0.05) is 35.0 Å². The number of halogens is 2. The highest BCUT2D eigenvalue weighted by Crippen LogP contribution is 2.11. The van der Waals surface area contributed by atoms with Gasteiger partial charge >= 0.3 is 5.97 Å². The van der Waals surface area contributed by atoms with Crippen LogP contribution in [0.1, 0.15) is 13.8 Å². The first kappa shape index (κ1) is 13.8. The summed E-state index contributed by atoms with van der Waals surface area (Å²) in [6.07, 6.45) is 1.42. The van der Waals surface area contributed by atoms with Crippen LogP contribution in [-0.4, -0.2) is 28.1 Å². The third-order valence-corrected chi connectivity index (χ3v) is 2.04. The van der Waals surface area contributed by atoms with Crippen molar-refractivity contribution < 1.29 is 9.63 Å². The van der Waals surface area contributed by atoms with Gasteiger partial charge in [-0.25, -0.2) is 4.79 Å². The molecule has 0 saturated carbocycles. The molecule has 8 heteroatoms. The first-order valence-electron chi connectivity index (χ1n) is 4.77. The summed E-state index contributed by atoms with van der Waals surface area (Å²) in [6.45, 7) is 7.14. The highest BCUT2D eigenvalue weighted by molar-refractivity contribution is 6.69. The monoisotopic (exact) mass is 278 g/mol. The number of hydrazone groups is 1. The molecule has 1 aliphatic rings. The molecule has 0 aromatic carbocycles. The molecule has 94 valence electrons. The Morgan fingerprint density at radius 1 is 1.71 bits per heavy atom. The molecule has 0 bridgehead atoms. The number of carbonyl (C=O) groups excluding carboxylic acids is 1. The van der Waals surface area contributed by atoms with E-state index in [0.29, 0.717) is 6.54 Å². The van der Waals surface area contributed by atoms with E-state index in [1.807, 2.05) is 0 Å². The van der Waals surface area contributed by atoms with Crippen LogP contribution in [0.3, 0.4) is 0 Å². The van der Waals surface area contributed by atoms with Crippen LogP contribution in [0, 0.1) is 0 Å². The number of hydroxylamine groups is 1. The van der Waals surface area contributed by atoms with E-state index in [1.165, 1.54) is 6.08 Å². The number of hydrogen-bond acceptors (Lipinski definition) is 6. The zero-order chi connectivity index (χ0) is 13.0. The van der Waals surface area contributed by atoms with Crippen molar-refractivity contribution >= 4 is 34.3 Å². The van der Waals surface area contributed by atoms with E-state index in [-0.39, 0.29) is 15.9 Å². The van der Waals surface area contributed by atoms with Gasteiger partial charge in [0, 0.05) is 11.6 Å². The van der Waals surface area contributed by atoms with Crippen molar-refractivity contribution in [2.24, 2.45) is 5.10 Å². The van der Waals surface area contributed by atoms with Crippen molar-refractivity contribution in [2.75, 3.05) is 6.54 Å². The average molecular weight is 279 g/mol. The van der Waals surface area contributed by atoms with Gasteiger partial charge in [0.25, 0.3) is 0 Å². The summed E-state index contributed by atoms with van der Waals surface area (Å²) in [7, 11) is 0. The van der Waals surface area contributed by atoms with Gasteiger partial charge in [0.1, 0.15) is 5.16 Å². The Labute approximate surface area is 109 Å². The third kappa shape index (κ3) is 3.92. The van der Waals surface area contributed by atoms with Crippen molar-refractivity contribution in [2.45, 2.75) is 13.8 Å². The summed E-state index contributed by atoms with van der Waals surface area (Å²) >= 11 is 11.5. The Morgan fingerprint density at radius 2 is 2.35 bits per heavy atom. The van der Waals surface area contributed by atoms with Crippen LogP contribution in [0.25, 0.3) is 0 Å². The second kappa shape index (κ2) is 5.90. The van der Waals surface area contributed by atoms with Gasteiger partial charge in [-0.15, -0.1) is 5.10 Å². The molecule has 0 atom stereocenters. The predicted octanol–water partition coefficient (Wildman–Crippen LogP) is 1.71. The number of rotatable bonds is 4. The van der Waals surface area contributed by atoms with Gasteiger partial charge in [0.2, 0.25) is 0 Å². The maximum absolute atomic E-state index is 11.4. The minimum atomic E-state index is -0.564. The highest BCUT2D eigenvalue weighted by Gasteiger charge is 2.21. The van der Waals surface area contributed by atoms with Gasteiger partial charge in [0.05, 0.1) is 6.54 Å². The molecule has 0 aliphatic carbocycles. The smallest absolute Gasteiger partial charge is 0.341 e. The van der Waals surface area contributed by atoms with Crippen molar-refractivity contribution in [3.8, 4) is 0 Å². The first-order valence-corrected chi connectivity index (χ1v) is 5.53. The summed E-state index contributed by atoms with van der Waals surface area (Å²) in [5.74, 6) is -0.564. The Balaban J connectivity index is 2.72. The van der Waals surface area contributed by atoms with Crippen molar-refractivity contribution in [3.05, 3.63) is 23.4 Å². The Kier molecular flexibility index (Phi) is 4.80. The van der Waals surface area contributed by atoms with E-state index in [0.717, 1.165) is 10.4 Å². The van der Waals surface area contributed by atoms with Crippen LogP contribution in [-0.2, 0) is 9.63 Å². The second-order valence-corrected chi connectivity index (χ2v) is 3.94. The predicted molar refractivity (Wildman–Crippen MR) is 65.5 cm³/mol. The summed E-state index contributed by atoms with van der Waals surface area (Å²) in [6, 6.07) is 0. The number of nitrogens with one attached hydrogen (secondary N) is 1. The van der Waals surface area contributed by atoms with Gasteiger partial charge in [0.15, 0.2) is 5.17 Å². The number of carbonyl (C=O) groups is 1. The lowest BCUT2D eigenvalue weighted by Crippen LogP contribution is -2.49. The van der Waals surface area contributed by atoms with Gasteiger partial charge in [-0.2, -0.15) is 0 Å². The molecule has 17 heavy (non-hydrogen) atoms. The molecular weight excluding hydrogens is 267 g/mol. The topological polar surface area (TPSA) is 57.2 Å². The van der Waals surface area contributed by atoms with E-state index in [1.54, 1.807) is 13.8 Å². The molecule has 1 heterocycles. The standard InChI is InChI=1S/C9H12Cl2N4O2/c1-4-14(17-9(16)6(2)3)15-12-7(10)5-8(11)13-15/h5,12H,2,4H2,1,3H3. The molecular formula is C9H12Cl2N4O2. The van der Waals surface area contributed by atoms with Crippen molar-refractivity contribution in [3.63, 3.8) is 0 Å². The number of nitrogens with zero attached hydrogens (tertiary/aromatic N) is 3. The summed E-state index contributed by atoms with van der Waals surface area (Å²) in [5, 5.41) is 6.60. The molecule has 0 aromatic heterocycles. The fourth-order valence-corrected chi connectivity index (χ4v) is 1.31. The number of hydrazine groups is 2. The molecule has 0 aromatic rings. The lowest BCUT2D eigenvalue weighted by atomic mass is 10.4. The van der Waals surface area contributed by atoms with Crippen LogP contribution in [0.15, 0.2) is 28.5 Å². The Morgan fingerprint density at radius 3 is 2.82 bits per heavy atom. The number of allylic oxidation sites excluding steroid dienone is 1. The van der Waals surface area contributed by atoms with E-state index in [9.17, 15) is 4.79 Å². The van der Waals surface area contributed by atoms with Gasteiger partial charge in [-0.05, 0) is 19.0 Å². The summed E-state index contributed by atoms with van der Waals surface area (Å²) in [4.78, 5) is 16.4. The Bertz CT molecular complexity index is 394. The van der Waals surface area contributed by atoms with E-state index >= 15 is 0 Å². The Hall–Kier alpha value is -1.24. The summed E-state index contributed by atoms with van der Waals surface area (Å²) in [5.41, 5.74) is 2.92. The molecule has 0 unspecified atom stereocenters. The van der Waals surface area contributed by atoms with Crippen molar-refractivity contribution in [1.82, 2.24) is 15.8 Å². The zero-order valence-electron chi connectivity index (χ0n) is 9.41. The van der Waals surface area contributed by atoms with Crippen molar-refractivity contribution in [1.29, 1.82) is 0 Å². The maximum atomic E-state index is 11.4. The van der Waals surface area contributed by atoms with E-state index < -0.39 is 5.97 Å². The quantitative estimate of drug-likeness (QED) is 0.482. The minimum absolute atomic E-state index is 0.165. The molecule has 0 spiro atoms. The number of hydrogen-bond donors (Lipinski definition) is 1. The average Bonchev–Trinajstić information content (AvgIpc) is 2.23. The van der Waals surface area contributed by atoms with Crippen LogP contribution < -0.4 is 5.43 Å². The highest BCUT2D eigenvalue weighted by atomic mass is 35.5. The molecule has 0 fully saturated rings. The third-order valence-electron chi connectivity index (χ3n) is 1.66. The maximum Gasteiger partial charge on any atom is 0.354 e. The lowest BCUT2D eigenvalue weighted by Gasteiger charge is -2.31. The SMILES string of the molecule is C=C(C)C(=O)ON(CC)N1N=C(Cl)C=C(Cl)N1. The van der Waals surface area contributed by atoms with Gasteiger partial charge in [-0.3, -0.25) is 5.43 Å². The first-order chi connectivity index (χ1) is 7.93. The fraction of sp³-hybridized carbons (Fsp3) is 0.333. The molecule has 1 rings (SSSR count). The molecule has 1 N–H and O–H groups in total. The van der Waals surface area contributed by atoms with Crippen LogP contribution in [0.2, 0.25) is 0 Å². The fourth-order valence-electron chi connectivity index (χ4n) is 0.893. The molecule has 1 aliphatic heterocycles. The largest absolute Gasteiger partial charge is 0.354 e. The minimum Gasteiger partial charge on any atom is -0.341 e. The van der Waals surface area contributed by atoms with E-state index in [4.69, 9.17) is 28.0 Å². The molecule has 0 saturated heterocycles. The second-order valence-electron chi connectivity index (χ2n) is 3.14. The zero-order valence-corrected chi connectivity index (χ0v) is 10.9. The molecule has 0 radical (unpaired) electrons. The van der Waals surface area contributed by atoms with Crippen LogP contribution >= 0.6 is 23.2 Å². The summed E-state index contributed by atoms with van der Waals surface area (Å²) < 4.78 is 0. The van der Waals surface area contributed by atoms with Crippen LogP contribution in [0.4, 0.5) is 0 Å². The molecule has 0 amide bonds.